The van der Waals surface area contributed by atoms with Gasteiger partial charge in [-0.25, -0.2) is 0 Å². The number of benzene rings is 3. The molecule has 0 aromatic heterocycles. The highest BCUT2D eigenvalue weighted by Gasteiger charge is 2.29. The highest BCUT2D eigenvalue weighted by Crippen LogP contribution is 2.37. The molecule has 0 bridgehead atoms. The molecule has 0 radical (unpaired) electrons. The summed E-state index contributed by atoms with van der Waals surface area (Å²) in [4.78, 5) is 30.7. The third-order valence-electron chi connectivity index (χ3n) is 6.47. The number of ether oxygens (including phenoxy) is 1. The number of nitrogens with zero attached hydrogens (tertiary/aromatic N) is 2. The molecule has 1 atom stereocenters. The molecule has 1 unspecified atom stereocenters. The highest BCUT2D eigenvalue weighted by molar-refractivity contribution is 6.09. The van der Waals surface area contributed by atoms with E-state index in [1.54, 1.807) is 24.3 Å². The summed E-state index contributed by atoms with van der Waals surface area (Å²) in [6, 6.07) is 21.1. The topological polar surface area (TPSA) is 61.9 Å². The minimum absolute atomic E-state index is 0.0999. The molecule has 0 fully saturated rings. The van der Waals surface area contributed by atoms with Crippen LogP contribution in [0.1, 0.15) is 57.7 Å². The Morgan fingerprint density at radius 2 is 1.77 bits per heavy atom. The Morgan fingerprint density at radius 3 is 2.51 bits per heavy atom. The summed E-state index contributed by atoms with van der Waals surface area (Å²) in [5, 5.41) is 2.94. The number of para-hydroxylation sites is 1. The first-order valence-electron chi connectivity index (χ1n) is 12.1. The molecular formula is C29H33N3O3. The Kier molecular flexibility index (Phi) is 7.51. The van der Waals surface area contributed by atoms with Gasteiger partial charge in [0, 0.05) is 35.6 Å². The molecule has 35 heavy (non-hydrogen) atoms. The maximum atomic E-state index is 13.8. The Hall–Kier alpha value is -3.64. The van der Waals surface area contributed by atoms with E-state index in [9.17, 15) is 9.59 Å². The van der Waals surface area contributed by atoms with Crippen LogP contribution < -0.4 is 15.0 Å². The van der Waals surface area contributed by atoms with Gasteiger partial charge >= 0.3 is 0 Å². The molecule has 3 aromatic rings. The first-order valence-corrected chi connectivity index (χ1v) is 12.1. The zero-order valence-electron chi connectivity index (χ0n) is 20.9. The van der Waals surface area contributed by atoms with Crippen LogP contribution in [0.25, 0.3) is 0 Å². The van der Waals surface area contributed by atoms with Gasteiger partial charge in [-0.15, -0.1) is 0 Å². The van der Waals surface area contributed by atoms with Gasteiger partial charge in [0.2, 0.25) is 0 Å². The van der Waals surface area contributed by atoms with Gasteiger partial charge in [-0.3, -0.25) is 9.59 Å². The molecule has 4 rings (SSSR count). The van der Waals surface area contributed by atoms with E-state index in [4.69, 9.17) is 4.74 Å². The SMILES string of the molecule is CCOc1cc(NC(=O)c2ccccc2C)ccc1C(=O)N1CCCC(N(C)C)c2ccccc21. The predicted octanol–water partition coefficient (Wildman–Crippen LogP) is 5.69. The number of rotatable bonds is 6. The van der Waals surface area contributed by atoms with Gasteiger partial charge < -0.3 is 19.9 Å². The molecular weight excluding hydrogens is 438 g/mol. The van der Waals surface area contributed by atoms with Gasteiger partial charge in [-0.05, 0) is 76.2 Å². The second-order valence-electron chi connectivity index (χ2n) is 9.05. The molecule has 0 saturated carbocycles. The molecule has 1 aliphatic heterocycles. The minimum atomic E-state index is -0.194. The van der Waals surface area contributed by atoms with Crippen LogP contribution in [0, 0.1) is 6.92 Å². The largest absolute Gasteiger partial charge is 0.493 e. The van der Waals surface area contributed by atoms with Crippen molar-refractivity contribution in [2.24, 2.45) is 0 Å². The fraction of sp³-hybridized carbons (Fsp3) is 0.310. The highest BCUT2D eigenvalue weighted by atomic mass is 16.5. The summed E-state index contributed by atoms with van der Waals surface area (Å²) < 4.78 is 5.87. The number of nitrogens with one attached hydrogen (secondary N) is 1. The van der Waals surface area contributed by atoms with E-state index in [0.717, 1.165) is 29.7 Å². The second kappa shape index (κ2) is 10.7. The van der Waals surface area contributed by atoms with E-state index in [-0.39, 0.29) is 17.9 Å². The van der Waals surface area contributed by atoms with Crippen LogP contribution >= 0.6 is 0 Å². The van der Waals surface area contributed by atoms with Crippen molar-refractivity contribution in [2.75, 3.05) is 37.5 Å². The van der Waals surface area contributed by atoms with Crippen LogP contribution in [0.5, 0.6) is 5.75 Å². The van der Waals surface area contributed by atoms with E-state index >= 15 is 0 Å². The van der Waals surface area contributed by atoms with Crippen molar-refractivity contribution in [2.45, 2.75) is 32.7 Å². The quantitative estimate of drug-likeness (QED) is 0.502. The van der Waals surface area contributed by atoms with E-state index < -0.39 is 0 Å². The fourth-order valence-corrected chi connectivity index (χ4v) is 4.70. The predicted molar refractivity (Wildman–Crippen MR) is 141 cm³/mol. The monoisotopic (exact) mass is 471 g/mol. The van der Waals surface area contributed by atoms with Crippen molar-refractivity contribution in [3.05, 3.63) is 89.0 Å². The molecule has 0 saturated heterocycles. The number of fused-ring (bicyclic) bond motifs is 1. The van der Waals surface area contributed by atoms with Crippen molar-refractivity contribution in [3.63, 3.8) is 0 Å². The van der Waals surface area contributed by atoms with Gasteiger partial charge in [0.1, 0.15) is 5.75 Å². The van der Waals surface area contributed by atoms with E-state index in [1.165, 1.54) is 0 Å². The Labute approximate surface area is 207 Å². The first kappa shape index (κ1) is 24.5. The summed E-state index contributed by atoms with van der Waals surface area (Å²) in [6.45, 7) is 4.84. The van der Waals surface area contributed by atoms with Crippen LogP contribution in [0.15, 0.2) is 66.7 Å². The van der Waals surface area contributed by atoms with Gasteiger partial charge in [-0.1, -0.05) is 36.4 Å². The van der Waals surface area contributed by atoms with Crippen molar-refractivity contribution < 1.29 is 14.3 Å². The van der Waals surface area contributed by atoms with Crippen molar-refractivity contribution in [1.29, 1.82) is 0 Å². The van der Waals surface area contributed by atoms with E-state index in [1.807, 2.05) is 55.1 Å². The summed E-state index contributed by atoms with van der Waals surface area (Å²) >= 11 is 0. The van der Waals surface area contributed by atoms with Crippen LogP contribution in [-0.2, 0) is 0 Å². The van der Waals surface area contributed by atoms with Crippen molar-refractivity contribution in [3.8, 4) is 5.75 Å². The Bertz CT molecular complexity index is 1220. The molecule has 1 N–H and O–H groups in total. The number of amides is 2. The number of hydrogen-bond donors (Lipinski definition) is 1. The number of hydrogen-bond acceptors (Lipinski definition) is 4. The summed E-state index contributed by atoms with van der Waals surface area (Å²) in [6.07, 6.45) is 1.88. The zero-order chi connectivity index (χ0) is 24.9. The standard InChI is InChI=1S/C29H33N3O3/c1-5-35-27-19-21(30-28(33)22-12-7-6-11-20(22)2)16-17-24(27)29(34)32-18-10-15-25(31(3)4)23-13-8-9-14-26(23)32/h6-9,11-14,16-17,19,25H,5,10,15,18H2,1-4H3,(H,30,33). The normalized spacial score (nSPS) is 15.3. The maximum Gasteiger partial charge on any atom is 0.262 e. The smallest absolute Gasteiger partial charge is 0.262 e. The van der Waals surface area contributed by atoms with Gasteiger partial charge in [-0.2, -0.15) is 0 Å². The minimum Gasteiger partial charge on any atom is -0.493 e. The van der Waals surface area contributed by atoms with Crippen molar-refractivity contribution in [1.82, 2.24) is 4.90 Å². The summed E-state index contributed by atoms with van der Waals surface area (Å²) in [7, 11) is 4.16. The number of carbonyl (C=O) groups is 2. The average molecular weight is 472 g/mol. The second-order valence-corrected chi connectivity index (χ2v) is 9.05. The molecule has 6 heteroatoms. The molecule has 0 aliphatic carbocycles. The average Bonchev–Trinajstić information content (AvgIpc) is 3.04. The summed E-state index contributed by atoms with van der Waals surface area (Å²) in [5.74, 6) is 0.170. The van der Waals surface area contributed by atoms with E-state index in [0.29, 0.717) is 35.7 Å². The zero-order valence-corrected chi connectivity index (χ0v) is 20.9. The maximum absolute atomic E-state index is 13.8. The first-order chi connectivity index (χ1) is 16.9. The fourth-order valence-electron chi connectivity index (χ4n) is 4.70. The molecule has 182 valence electrons. The van der Waals surface area contributed by atoms with Gasteiger partial charge in [0.25, 0.3) is 11.8 Å². The third kappa shape index (κ3) is 5.23. The molecule has 2 amide bonds. The van der Waals surface area contributed by atoms with E-state index in [2.05, 4.69) is 30.4 Å². The third-order valence-corrected chi connectivity index (χ3v) is 6.47. The molecule has 6 nitrogen and oxygen atoms in total. The lowest BCUT2D eigenvalue weighted by atomic mass is 10.0. The Balaban J connectivity index is 1.65. The number of anilines is 2. The molecule has 3 aromatic carbocycles. The number of aryl methyl sites for hydroxylation is 1. The Morgan fingerprint density at radius 1 is 1.03 bits per heavy atom. The molecule has 1 aliphatic rings. The van der Waals surface area contributed by atoms with Gasteiger partial charge in [0.05, 0.1) is 12.2 Å². The lowest BCUT2D eigenvalue weighted by molar-refractivity contribution is 0.0982. The van der Waals surface area contributed by atoms with Crippen LogP contribution in [0.2, 0.25) is 0 Å². The lowest BCUT2D eigenvalue weighted by Crippen LogP contribution is -2.32. The summed E-state index contributed by atoms with van der Waals surface area (Å²) in [5.41, 5.74) is 4.68. The number of carbonyl (C=O) groups excluding carboxylic acids is 2. The van der Waals surface area contributed by atoms with Crippen LogP contribution in [-0.4, -0.2) is 44.0 Å². The molecule has 0 spiro atoms. The van der Waals surface area contributed by atoms with Gasteiger partial charge in [0.15, 0.2) is 0 Å². The lowest BCUT2D eigenvalue weighted by Gasteiger charge is -2.27. The van der Waals surface area contributed by atoms with Crippen molar-refractivity contribution >= 4 is 23.2 Å². The van der Waals surface area contributed by atoms with Crippen LogP contribution in [0.3, 0.4) is 0 Å². The molecule has 1 heterocycles. The van der Waals surface area contributed by atoms with Crippen LogP contribution in [0.4, 0.5) is 11.4 Å².